The molecule has 1 heterocycles. The second kappa shape index (κ2) is 14.0. The zero-order chi connectivity index (χ0) is 30.3. The van der Waals surface area contributed by atoms with Crippen LogP contribution in [0.2, 0.25) is 5.02 Å². The Bertz CT molecular complexity index is 1230. The number of amides is 4. The maximum absolute atomic E-state index is 13.8. The van der Waals surface area contributed by atoms with E-state index in [1.807, 2.05) is 72.7 Å². The number of halogens is 1. The number of ether oxygens (including phenoxy) is 2. The first-order valence-corrected chi connectivity index (χ1v) is 14.5. The maximum atomic E-state index is 13.8. The van der Waals surface area contributed by atoms with Gasteiger partial charge < -0.3 is 29.9 Å². The highest BCUT2D eigenvalue weighted by Crippen LogP contribution is 2.31. The van der Waals surface area contributed by atoms with E-state index >= 15 is 0 Å². The van der Waals surface area contributed by atoms with Crippen LogP contribution in [0.4, 0.5) is 10.5 Å². The van der Waals surface area contributed by atoms with Crippen molar-refractivity contribution in [2.75, 3.05) is 24.7 Å². The van der Waals surface area contributed by atoms with E-state index in [0.717, 1.165) is 12.0 Å². The molecule has 41 heavy (non-hydrogen) atoms. The molecule has 0 radical (unpaired) electrons. The van der Waals surface area contributed by atoms with Crippen molar-refractivity contribution >= 4 is 35.1 Å². The molecule has 1 aliphatic rings. The molecule has 0 aromatic heterocycles. The first kappa shape index (κ1) is 32.2. The number of benzene rings is 2. The number of urea groups is 1. The Labute approximate surface area is 248 Å². The van der Waals surface area contributed by atoms with E-state index in [2.05, 4.69) is 10.6 Å². The molecule has 2 atom stereocenters. The molecule has 0 spiro atoms. The van der Waals surface area contributed by atoms with Gasteiger partial charge in [0.2, 0.25) is 5.91 Å². The molecule has 2 N–H and O–H groups in total. The van der Waals surface area contributed by atoms with Gasteiger partial charge >= 0.3 is 6.03 Å². The first-order chi connectivity index (χ1) is 19.3. The third kappa shape index (κ3) is 8.84. The number of para-hydroxylation sites is 1. The molecule has 2 aromatic rings. The first-order valence-electron chi connectivity index (χ1n) is 14.1. The van der Waals surface area contributed by atoms with Gasteiger partial charge in [-0.15, -0.1) is 0 Å². The highest BCUT2D eigenvalue weighted by atomic mass is 35.5. The van der Waals surface area contributed by atoms with Crippen molar-refractivity contribution in [3.8, 4) is 5.75 Å². The molecular formula is C31H43ClN4O5. The summed E-state index contributed by atoms with van der Waals surface area (Å²) < 4.78 is 11.5. The predicted molar refractivity (Wildman–Crippen MR) is 162 cm³/mol. The molecule has 3 rings (SSSR count). The largest absolute Gasteiger partial charge is 0.494 e. The van der Waals surface area contributed by atoms with Crippen LogP contribution in [-0.4, -0.2) is 66.2 Å². The van der Waals surface area contributed by atoms with E-state index < -0.39 is 17.7 Å². The van der Waals surface area contributed by atoms with Gasteiger partial charge in [-0.3, -0.25) is 9.59 Å². The minimum Gasteiger partial charge on any atom is -0.494 e. The van der Waals surface area contributed by atoms with Crippen LogP contribution in [-0.2, 0) is 16.1 Å². The van der Waals surface area contributed by atoms with Gasteiger partial charge in [0.25, 0.3) is 5.91 Å². The van der Waals surface area contributed by atoms with E-state index in [-0.39, 0.29) is 43.6 Å². The van der Waals surface area contributed by atoms with Gasteiger partial charge in [0.05, 0.1) is 29.4 Å². The average molecular weight is 587 g/mol. The van der Waals surface area contributed by atoms with E-state index in [1.54, 1.807) is 28.0 Å². The highest BCUT2D eigenvalue weighted by molar-refractivity contribution is 6.34. The summed E-state index contributed by atoms with van der Waals surface area (Å²) in [5.41, 5.74) is 1.36. The van der Waals surface area contributed by atoms with Crippen LogP contribution < -0.4 is 20.3 Å². The van der Waals surface area contributed by atoms with Gasteiger partial charge in [0, 0.05) is 30.9 Å². The third-order valence-electron chi connectivity index (χ3n) is 6.48. The summed E-state index contributed by atoms with van der Waals surface area (Å²) in [6.45, 7) is 14.4. The molecule has 2 aromatic carbocycles. The normalized spacial score (nSPS) is 16.1. The summed E-state index contributed by atoms with van der Waals surface area (Å²) in [6.07, 6.45) is 0.859. The Balaban J connectivity index is 1.86. The second-order valence-corrected chi connectivity index (χ2v) is 12.0. The number of carbonyl (C=O) groups excluding carboxylic acids is 3. The predicted octanol–water partition coefficient (Wildman–Crippen LogP) is 5.40. The zero-order valence-corrected chi connectivity index (χ0v) is 25.9. The van der Waals surface area contributed by atoms with Crippen LogP contribution in [0.5, 0.6) is 5.75 Å². The lowest BCUT2D eigenvalue weighted by Gasteiger charge is -2.32. The topological polar surface area (TPSA) is 100 Å². The van der Waals surface area contributed by atoms with Crippen molar-refractivity contribution < 1.29 is 23.9 Å². The third-order valence-corrected chi connectivity index (χ3v) is 6.79. The number of nitrogens with one attached hydrogen (secondary N) is 2. The van der Waals surface area contributed by atoms with Crippen molar-refractivity contribution in [2.45, 2.75) is 85.2 Å². The fourth-order valence-corrected chi connectivity index (χ4v) is 4.68. The maximum Gasteiger partial charge on any atom is 0.318 e. The molecule has 4 amide bonds. The number of nitrogens with zero attached hydrogens (tertiary/aromatic N) is 2. The number of hydrogen-bond acceptors (Lipinski definition) is 5. The van der Waals surface area contributed by atoms with E-state index in [1.165, 1.54) is 0 Å². The summed E-state index contributed by atoms with van der Waals surface area (Å²) in [4.78, 5) is 43.8. The molecule has 0 saturated carbocycles. The van der Waals surface area contributed by atoms with E-state index in [4.69, 9.17) is 21.1 Å². The lowest BCUT2D eigenvalue weighted by Crippen LogP contribution is -2.56. The summed E-state index contributed by atoms with van der Waals surface area (Å²) in [6, 6.07) is 10.8. The molecule has 0 aliphatic carbocycles. The van der Waals surface area contributed by atoms with Crippen molar-refractivity contribution in [1.29, 1.82) is 0 Å². The van der Waals surface area contributed by atoms with Gasteiger partial charge in [0.1, 0.15) is 11.8 Å². The Morgan fingerprint density at radius 3 is 2.44 bits per heavy atom. The fourth-order valence-electron chi connectivity index (χ4n) is 4.43. The van der Waals surface area contributed by atoms with Crippen LogP contribution in [0.1, 0.15) is 70.8 Å². The Kier molecular flexibility index (Phi) is 11.0. The van der Waals surface area contributed by atoms with Crippen molar-refractivity contribution in [2.24, 2.45) is 0 Å². The summed E-state index contributed by atoms with van der Waals surface area (Å²) >= 11 is 6.54. The van der Waals surface area contributed by atoms with Crippen LogP contribution in [0.25, 0.3) is 0 Å². The van der Waals surface area contributed by atoms with E-state index in [9.17, 15) is 14.4 Å². The smallest absolute Gasteiger partial charge is 0.318 e. The SMILES string of the molecule is CCCOc1ccc(C(=O)N2C[C@@H](C)N(C(=O)NC(COC(C)(C)C)C(=O)NC(C)C)Cc3ccccc32)c(Cl)c1. The molecular weight excluding hydrogens is 544 g/mol. The Morgan fingerprint density at radius 2 is 1.80 bits per heavy atom. The van der Waals surface area contributed by atoms with Crippen LogP contribution in [0.3, 0.4) is 0 Å². The Hall–Kier alpha value is -3.30. The van der Waals surface area contributed by atoms with Crippen LogP contribution in [0, 0.1) is 0 Å². The molecule has 0 fully saturated rings. The molecule has 1 unspecified atom stereocenters. The zero-order valence-electron chi connectivity index (χ0n) is 25.1. The summed E-state index contributed by atoms with van der Waals surface area (Å²) in [5.74, 6) is 0.0111. The minimum absolute atomic E-state index is 0.0215. The quantitative estimate of drug-likeness (QED) is 0.410. The number of carbonyl (C=O) groups is 3. The van der Waals surface area contributed by atoms with E-state index in [0.29, 0.717) is 28.6 Å². The molecule has 9 nitrogen and oxygen atoms in total. The van der Waals surface area contributed by atoms with Gasteiger partial charge in [-0.05, 0) is 77.8 Å². The molecule has 224 valence electrons. The van der Waals surface area contributed by atoms with Gasteiger partial charge in [0.15, 0.2) is 0 Å². The fraction of sp³-hybridized carbons (Fsp3) is 0.516. The minimum atomic E-state index is -0.889. The van der Waals surface area contributed by atoms with Gasteiger partial charge in [-0.25, -0.2) is 4.79 Å². The molecule has 10 heteroatoms. The van der Waals surface area contributed by atoms with Gasteiger partial charge in [-0.1, -0.05) is 36.7 Å². The number of fused-ring (bicyclic) bond motifs is 1. The lowest BCUT2D eigenvalue weighted by atomic mass is 10.1. The lowest BCUT2D eigenvalue weighted by molar-refractivity contribution is -0.126. The number of hydrogen-bond donors (Lipinski definition) is 2. The standard InChI is InChI=1S/C31H43ClN4O5/c1-8-15-40-23-13-14-24(25(32)16-23)29(38)36-17-21(4)35(18-22-11-9-10-12-27(22)36)30(39)34-26(19-41-31(5,6)7)28(37)33-20(2)3/h9-14,16,20-21,26H,8,15,17-19H2,1-7H3,(H,33,37)(H,34,39)/t21-,26?/m1/s1. The van der Waals surface area contributed by atoms with Crippen LogP contribution in [0.15, 0.2) is 42.5 Å². The van der Waals surface area contributed by atoms with Crippen molar-refractivity contribution in [3.05, 3.63) is 58.6 Å². The Morgan fingerprint density at radius 1 is 1.10 bits per heavy atom. The molecule has 0 saturated heterocycles. The average Bonchev–Trinajstić information content (AvgIpc) is 3.05. The molecule has 1 aliphatic heterocycles. The van der Waals surface area contributed by atoms with Crippen LogP contribution >= 0.6 is 11.6 Å². The molecule has 0 bridgehead atoms. The monoisotopic (exact) mass is 586 g/mol. The second-order valence-electron chi connectivity index (χ2n) is 11.6. The summed E-state index contributed by atoms with van der Waals surface area (Å²) in [5, 5.41) is 6.03. The highest BCUT2D eigenvalue weighted by Gasteiger charge is 2.34. The van der Waals surface area contributed by atoms with Gasteiger partial charge in [-0.2, -0.15) is 0 Å². The van der Waals surface area contributed by atoms with Crippen molar-refractivity contribution in [3.63, 3.8) is 0 Å². The van der Waals surface area contributed by atoms with Crippen molar-refractivity contribution in [1.82, 2.24) is 15.5 Å². The number of anilines is 1. The summed E-state index contributed by atoms with van der Waals surface area (Å²) in [7, 11) is 0. The number of rotatable bonds is 9.